The molecule has 2 aromatic carbocycles. The van der Waals surface area contributed by atoms with Crippen LogP contribution in [0.25, 0.3) is 16.9 Å². The van der Waals surface area contributed by atoms with E-state index < -0.39 is 12.6 Å². The Hall–Kier alpha value is -3.92. The molecule has 152 valence electrons. The number of aromatic nitrogens is 2. The molecule has 0 spiro atoms. The van der Waals surface area contributed by atoms with Gasteiger partial charge in [-0.3, -0.25) is 4.79 Å². The average molecular weight is 402 g/mol. The summed E-state index contributed by atoms with van der Waals surface area (Å²) in [5, 5.41) is 13.2. The summed E-state index contributed by atoms with van der Waals surface area (Å²) in [6.45, 7) is 1.87. The Labute approximate surface area is 175 Å². The van der Waals surface area contributed by atoms with Crippen molar-refractivity contribution >= 4 is 11.9 Å². The summed E-state index contributed by atoms with van der Waals surface area (Å²) < 4.78 is 6.88. The molecule has 0 saturated carbocycles. The molecule has 30 heavy (non-hydrogen) atoms. The van der Waals surface area contributed by atoms with Crippen molar-refractivity contribution in [3.63, 3.8) is 0 Å². The molecule has 0 N–H and O–H groups in total. The van der Waals surface area contributed by atoms with Crippen LogP contribution in [0.15, 0.2) is 60.8 Å². The third-order valence-electron chi connectivity index (χ3n) is 4.59. The highest BCUT2D eigenvalue weighted by molar-refractivity contribution is 5.97. The molecule has 1 amide bonds. The number of ether oxygens (including phenoxy) is 1. The van der Waals surface area contributed by atoms with Gasteiger partial charge < -0.3 is 9.64 Å². The maximum atomic E-state index is 12.8. The molecular formula is C23H22N4O3. The number of hydrogen-bond acceptors (Lipinski definition) is 5. The Morgan fingerprint density at radius 1 is 1.13 bits per heavy atom. The summed E-state index contributed by atoms with van der Waals surface area (Å²) in [7, 11) is 1.57. The maximum absolute atomic E-state index is 12.8. The van der Waals surface area contributed by atoms with Crippen LogP contribution >= 0.6 is 0 Å². The molecule has 0 aliphatic rings. The fourth-order valence-corrected chi connectivity index (χ4v) is 2.82. The van der Waals surface area contributed by atoms with E-state index in [0.29, 0.717) is 5.69 Å². The molecule has 0 radical (unpaired) electrons. The molecule has 0 aliphatic carbocycles. The zero-order valence-electron chi connectivity index (χ0n) is 16.9. The van der Waals surface area contributed by atoms with E-state index in [-0.39, 0.29) is 24.4 Å². The summed E-state index contributed by atoms with van der Waals surface area (Å²) in [5.74, 6) is -0.999. The van der Waals surface area contributed by atoms with E-state index in [9.17, 15) is 9.59 Å². The summed E-state index contributed by atoms with van der Waals surface area (Å²) in [6, 6.07) is 19.1. The monoisotopic (exact) mass is 402 g/mol. The van der Waals surface area contributed by atoms with Crippen molar-refractivity contribution in [3.8, 4) is 23.0 Å². The van der Waals surface area contributed by atoms with Crippen molar-refractivity contribution in [3.05, 3.63) is 71.9 Å². The van der Waals surface area contributed by atoms with Crippen LogP contribution in [0, 0.1) is 18.3 Å². The minimum Gasteiger partial charge on any atom is -0.452 e. The molecular weight excluding hydrogens is 380 g/mol. The Balaban J connectivity index is 1.86. The maximum Gasteiger partial charge on any atom is 0.342 e. The lowest BCUT2D eigenvalue weighted by molar-refractivity contribution is -0.133. The van der Waals surface area contributed by atoms with Crippen LogP contribution in [0.3, 0.4) is 0 Å². The average Bonchev–Trinajstić information content (AvgIpc) is 3.22. The van der Waals surface area contributed by atoms with Gasteiger partial charge in [0.25, 0.3) is 5.91 Å². The highest BCUT2D eigenvalue weighted by atomic mass is 16.5. The molecule has 0 fully saturated rings. The number of benzene rings is 2. The fourth-order valence-electron chi connectivity index (χ4n) is 2.82. The molecule has 7 nitrogen and oxygen atoms in total. The third kappa shape index (κ3) is 4.92. The zero-order chi connectivity index (χ0) is 21.5. The molecule has 3 aromatic rings. The van der Waals surface area contributed by atoms with Crippen LogP contribution in [0.5, 0.6) is 0 Å². The van der Waals surface area contributed by atoms with Crippen molar-refractivity contribution in [2.24, 2.45) is 0 Å². The van der Waals surface area contributed by atoms with Crippen molar-refractivity contribution in [1.29, 1.82) is 5.26 Å². The first kappa shape index (κ1) is 20.8. The lowest BCUT2D eigenvalue weighted by Gasteiger charge is -2.15. The molecule has 1 heterocycles. The number of likely N-dealkylation sites (N-methyl/N-ethyl adjacent to an activating group) is 1. The summed E-state index contributed by atoms with van der Waals surface area (Å²) in [4.78, 5) is 26.3. The number of rotatable bonds is 7. The van der Waals surface area contributed by atoms with Gasteiger partial charge >= 0.3 is 5.97 Å². The van der Waals surface area contributed by atoms with Gasteiger partial charge in [-0.15, -0.1) is 0 Å². The third-order valence-corrected chi connectivity index (χ3v) is 4.59. The lowest BCUT2D eigenvalue weighted by atomic mass is 10.1. The first-order valence-electron chi connectivity index (χ1n) is 9.49. The van der Waals surface area contributed by atoms with Crippen molar-refractivity contribution in [2.75, 3.05) is 20.2 Å². The standard InChI is InChI=1S/C23H22N4O3/c1-17-9-11-18(12-10-17)22-20(15-27(25-22)19-7-4-3-5-8-19)23(29)30-16-21(28)26(2)14-6-13-24/h3-5,7-12,15H,6,14,16H2,1-2H3. The van der Waals surface area contributed by atoms with Gasteiger partial charge in [0.05, 0.1) is 18.2 Å². The first-order valence-corrected chi connectivity index (χ1v) is 9.49. The van der Waals surface area contributed by atoms with E-state index in [1.165, 1.54) is 4.90 Å². The number of carbonyl (C=O) groups excluding carboxylic acids is 2. The van der Waals surface area contributed by atoms with Crippen LogP contribution < -0.4 is 0 Å². The number of amides is 1. The zero-order valence-corrected chi connectivity index (χ0v) is 16.9. The number of para-hydroxylation sites is 1. The number of nitrogens with zero attached hydrogens (tertiary/aromatic N) is 4. The van der Waals surface area contributed by atoms with Gasteiger partial charge in [0.1, 0.15) is 11.3 Å². The van der Waals surface area contributed by atoms with Crippen LogP contribution in [-0.4, -0.2) is 46.8 Å². The van der Waals surface area contributed by atoms with E-state index in [1.54, 1.807) is 17.9 Å². The van der Waals surface area contributed by atoms with E-state index in [4.69, 9.17) is 10.00 Å². The van der Waals surface area contributed by atoms with Gasteiger partial charge in [-0.05, 0) is 19.1 Å². The van der Waals surface area contributed by atoms with Gasteiger partial charge in [0, 0.05) is 25.4 Å². The topological polar surface area (TPSA) is 88.2 Å². The number of aryl methyl sites for hydroxylation is 1. The summed E-state index contributed by atoms with van der Waals surface area (Å²) >= 11 is 0. The van der Waals surface area contributed by atoms with E-state index in [0.717, 1.165) is 16.8 Å². The van der Waals surface area contributed by atoms with Crippen molar-refractivity contribution in [2.45, 2.75) is 13.3 Å². The molecule has 7 heteroatoms. The van der Waals surface area contributed by atoms with Crippen LogP contribution in [0.1, 0.15) is 22.3 Å². The van der Waals surface area contributed by atoms with Crippen molar-refractivity contribution in [1.82, 2.24) is 14.7 Å². The Bertz CT molecular complexity index is 1070. The Morgan fingerprint density at radius 2 is 1.83 bits per heavy atom. The second-order valence-corrected chi connectivity index (χ2v) is 6.84. The smallest absolute Gasteiger partial charge is 0.342 e. The second kappa shape index (κ2) is 9.52. The number of esters is 1. The second-order valence-electron chi connectivity index (χ2n) is 6.84. The number of carbonyl (C=O) groups is 2. The fraction of sp³-hybridized carbons (Fsp3) is 0.217. The van der Waals surface area contributed by atoms with Crippen LogP contribution in [-0.2, 0) is 9.53 Å². The number of nitriles is 1. The van der Waals surface area contributed by atoms with E-state index in [2.05, 4.69) is 5.10 Å². The molecule has 0 bridgehead atoms. The predicted molar refractivity (Wildman–Crippen MR) is 112 cm³/mol. The minimum atomic E-state index is -0.630. The number of hydrogen-bond donors (Lipinski definition) is 0. The lowest BCUT2D eigenvalue weighted by Crippen LogP contribution is -2.31. The highest BCUT2D eigenvalue weighted by Crippen LogP contribution is 2.25. The Kier molecular flexibility index (Phi) is 6.60. The van der Waals surface area contributed by atoms with Gasteiger partial charge in [-0.25, -0.2) is 9.48 Å². The van der Waals surface area contributed by atoms with Gasteiger partial charge in [-0.1, -0.05) is 48.0 Å². The summed E-state index contributed by atoms with van der Waals surface area (Å²) in [5.41, 5.74) is 3.43. The summed E-state index contributed by atoms with van der Waals surface area (Å²) in [6.07, 6.45) is 1.83. The van der Waals surface area contributed by atoms with E-state index >= 15 is 0 Å². The minimum absolute atomic E-state index is 0.220. The Morgan fingerprint density at radius 3 is 2.50 bits per heavy atom. The largest absolute Gasteiger partial charge is 0.452 e. The SMILES string of the molecule is Cc1ccc(-c2nn(-c3ccccc3)cc2C(=O)OCC(=O)N(C)CCC#N)cc1. The van der Waals surface area contributed by atoms with Crippen molar-refractivity contribution < 1.29 is 14.3 Å². The quantitative estimate of drug-likeness (QED) is 0.565. The molecule has 0 saturated heterocycles. The molecule has 3 rings (SSSR count). The van der Waals surface area contributed by atoms with Gasteiger partial charge in [-0.2, -0.15) is 10.4 Å². The van der Waals surface area contributed by atoms with Crippen LogP contribution in [0.4, 0.5) is 0 Å². The van der Waals surface area contributed by atoms with E-state index in [1.807, 2.05) is 67.6 Å². The normalized spacial score (nSPS) is 10.3. The first-order chi connectivity index (χ1) is 14.5. The van der Waals surface area contributed by atoms with Gasteiger partial charge in [0.2, 0.25) is 0 Å². The molecule has 0 unspecified atom stereocenters. The van der Waals surface area contributed by atoms with Crippen LogP contribution in [0.2, 0.25) is 0 Å². The molecule has 0 atom stereocenters. The van der Waals surface area contributed by atoms with Gasteiger partial charge in [0.15, 0.2) is 6.61 Å². The molecule has 1 aromatic heterocycles. The molecule has 0 aliphatic heterocycles. The highest BCUT2D eigenvalue weighted by Gasteiger charge is 2.21. The predicted octanol–water partition coefficient (Wildman–Crippen LogP) is 3.38.